The number of carbonyl (C=O) groups is 1. The Kier molecular flexibility index (Phi) is 6.38. The number of rotatable bonds is 5. The molecule has 1 fully saturated rings. The number of hydrogen-bond acceptors (Lipinski definition) is 6. The lowest BCUT2D eigenvalue weighted by atomic mass is 10.0. The highest BCUT2D eigenvalue weighted by Gasteiger charge is 2.31. The topological polar surface area (TPSA) is 92.3 Å². The van der Waals surface area contributed by atoms with Gasteiger partial charge in [0.15, 0.2) is 5.13 Å². The molecule has 3 heterocycles. The number of aromatic nitrogens is 2. The monoisotopic (exact) mass is 476 g/mol. The average Bonchev–Trinajstić information content (AvgIpc) is 3.23. The Morgan fingerprint density at radius 1 is 1.26 bits per heavy atom. The van der Waals surface area contributed by atoms with E-state index in [2.05, 4.69) is 15.3 Å². The maximum atomic E-state index is 13.1. The quantitative estimate of drug-likeness (QED) is 0.584. The summed E-state index contributed by atoms with van der Waals surface area (Å²) in [6.45, 7) is 2.93. The molecule has 1 aliphatic rings. The second-order valence-electron chi connectivity index (χ2n) is 7.48. The third-order valence-corrected chi connectivity index (χ3v) is 8.24. The lowest BCUT2D eigenvalue weighted by Crippen LogP contribution is -2.39. The van der Waals surface area contributed by atoms with Gasteiger partial charge in [-0.05, 0) is 49.1 Å². The fraction of sp³-hybridized carbons (Fsp3) is 0.286. The standard InChI is InChI=1S/C21H21ClN4O3S2/c1-14-3-2-10-26(12-14)31(28,29)19-11-16(4-5-17(19)22)20(27)25-21-24-18(13-30-21)15-6-8-23-9-7-15/h4-9,11,13-14H,2-3,10,12H2,1H3,(H,24,25,27)/t14-/m0/s1. The van der Waals surface area contributed by atoms with E-state index in [1.807, 2.05) is 24.4 Å². The molecule has 4 rings (SSSR count). The first kappa shape index (κ1) is 21.9. The van der Waals surface area contributed by atoms with Crippen LogP contribution in [0.3, 0.4) is 0 Å². The molecular weight excluding hydrogens is 456 g/mol. The van der Waals surface area contributed by atoms with Crippen LogP contribution in [-0.4, -0.2) is 41.7 Å². The van der Waals surface area contributed by atoms with Crippen LogP contribution in [0.15, 0.2) is 53.0 Å². The van der Waals surface area contributed by atoms with Crippen molar-refractivity contribution in [2.24, 2.45) is 5.92 Å². The van der Waals surface area contributed by atoms with Crippen molar-refractivity contribution < 1.29 is 13.2 Å². The van der Waals surface area contributed by atoms with E-state index < -0.39 is 15.9 Å². The van der Waals surface area contributed by atoms with E-state index in [1.54, 1.807) is 12.4 Å². The molecule has 0 radical (unpaired) electrons. The normalized spacial score (nSPS) is 17.4. The van der Waals surface area contributed by atoms with Crippen LogP contribution in [-0.2, 0) is 10.0 Å². The minimum atomic E-state index is -3.78. The molecule has 0 saturated carbocycles. The van der Waals surface area contributed by atoms with E-state index >= 15 is 0 Å². The number of amides is 1. The number of hydrogen-bond donors (Lipinski definition) is 1. The third-order valence-electron chi connectivity index (χ3n) is 5.13. The molecule has 31 heavy (non-hydrogen) atoms. The van der Waals surface area contributed by atoms with Crippen molar-refractivity contribution in [3.63, 3.8) is 0 Å². The molecule has 1 aromatic carbocycles. The second-order valence-corrected chi connectivity index (χ2v) is 10.7. The van der Waals surface area contributed by atoms with Crippen LogP contribution in [0.2, 0.25) is 5.02 Å². The number of thiazole rings is 1. The number of pyridine rings is 1. The number of nitrogens with zero attached hydrogens (tertiary/aromatic N) is 3. The first-order valence-electron chi connectivity index (χ1n) is 9.81. The van der Waals surface area contributed by atoms with Crippen molar-refractivity contribution in [3.8, 4) is 11.3 Å². The van der Waals surface area contributed by atoms with Gasteiger partial charge in [0, 0.05) is 42.0 Å². The molecule has 3 aromatic rings. The van der Waals surface area contributed by atoms with Crippen LogP contribution in [0.5, 0.6) is 0 Å². The Hall–Kier alpha value is -2.33. The van der Waals surface area contributed by atoms with Gasteiger partial charge in [0.05, 0.1) is 10.7 Å². The first-order chi connectivity index (χ1) is 14.8. The van der Waals surface area contributed by atoms with Crippen molar-refractivity contribution >= 4 is 44.0 Å². The van der Waals surface area contributed by atoms with Gasteiger partial charge in [0.1, 0.15) is 4.90 Å². The molecular formula is C21H21ClN4O3S2. The highest BCUT2D eigenvalue weighted by Crippen LogP contribution is 2.30. The summed E-state index contributed by atoms with van der Waals surface area (Å²) in [6.07, 6.45) is 5.15. The minimum Gasteiger partial charge on any atom is -0.298 e. The van der Waals surface area contributed by atoms with Gasteiger partial charge in [-0.15, -0.1) is 11.3 Å². The van der Waals surface area contributed by atoms with E-state index in [-0.39, 0.29) is 21.4 Å². The van der Waals surface area contributed by atoms with Crippen LogP contribution < -0.4 is 5.32 Å². The van der Waals surface area contributed by atoms with Gasteiger partial charge in [-0.25, -0.2) is 13.4 Å². The highest BCUT2D eigenvalue weighted by atomic mass is 35.5. The van der Waals surface area contributed by atoms with Crippen LogP contribution in [0.4, 0.5) is 5.13 Å². The van der Waals surface area contributed by atoms with Gasteiger partial charge in [0.25, 0.3) is 5.91 Å². The van der Waals surface area contributed by atoms with Gasteiger partial charge >= 0.3 is 0 Å². The molecule has 1 N–H and O–H groups in total. The zero-order valence-corrected chi connectivity index (χ0v) is 19.2. The molecule has 10 heteroatoms. The molecule has 0 bridgehead atoms. The van der Waals surface area contributed by atoms with E-state index in [0.717, 1.165) is 24.1 Å². The van der Waals surface area contributed by atoms with Gasteiger partial charge in [-0.2, -0.15) is 4.31 Å². The molecule has 0 spiro atoms. The molecule has 1 atom stereocenters. The summed E-state index contributed by atoms with van der Waals surface area (Å²) in [4.78, 5) is 21.1. The number of benzene rings is 1. The van der Waals surface area contributed by atoms with Crippen LogP contribution in [0.25, 0.3) is 11.3 Å². The summed E-state index contributed by atoms with van der Waals surface area (Å²) < 4.78 is 27.7. The number of halogens is 1. The summed E-state index contributed by atoms with van der Waals surface area (Å²) in [5.74, 6) is -0.163. The predicted molar refractivity (Wildman–Crippen MR) is 122 cm³/mol. The number of carbonyl (C=O) groups excluding carboxylic acids is 1. The molecule has 0 unspecified atom stereocenters. The Morgan fingerprint density at radius 2 is 2.03 bits per heavy atom. The summed E-state index contributed by atoms with van der Waals surface area (Å²) in [5, 5.41) is 5.09. The number of anilines is 1. The zero-order chi connectivity index (χ0) is 22.0. The molecule has 1 saturated heterocycles. The maximum Gasteiger partial charge on any atom is 0.257 e. The Balaban J connectivity index is 1.55. The zero-order valence-electron chi connectivity index (χ0n) is 16.8. The second kappa shape index (κ2) is 9.04. The smallest absolute Gasteiger partial charge is 0.257 e. The molecule has 162 valence electrons. The summed E-state index contributed by atoms with van der Waals surface area (Å²) in [6, 6.07) is 7.95. The number of sulfonamides is 1. The number of piperidine rings is 1. The largest absolute Gasteiger partial charge is 0.298 e. The summed E-state index contributed by atoms with van der Waals surface area (Å²) in [5.41, 5.74) is 1.82. The summed E-state index contributed by atoms with van der Waals surface area (Å²) in [7, 11) is -3.78. The van der Waals surface area contributed by atoms with Crippen molar-refractivity contribution in [1.29, 1.82) is 0 Å². The van der Waals surface area contributed by atoms with Crippen molar-refractivity contribution in [2.75, 3.05) is 18.4 Å². The van der Waals surface area contributed by atoms with Gasteiger partial charge in [-0.1, -0.05) is 18.5 Å². The molecule has 2 aromatic heterocycles. The van der Waals surface area contributed by atoms with Crippen molar-refractivity contribution in [2.45, 2.75) is 24.7 Å². The summed E-state index contributed by atoms with van der Waals surface area (Å²) >= 11 is 7.51. The maximum absolute atomic E-state index is 13.1. The number of nitrogens with one attached hydrogen (secondary N) is 1. The Bertz CT molecular complexity index is 1200. The minimum absolute atomic E-state index is 0.0486. The Labute approximate surface area is 190 Å². The molecule has 1 aliphatic heterocycles. The fourth-order valence-electron chi connectivity index (χ4n) is 3.50. The van der Waals surface area contributed by atoms with E-state index in [1.165, 1.54) is 33.8 Å². The molecule has 1 amide bonds. The van der Waals surface area contributed by atoms with Crippen LogP contribution in [0, 0.1) is 5.92 Å². The van der Waals surface area contributed by atoms with Crippen molar-refractivity contribution in [1.82, 2.24) is 14.3 Å². The van der Waals surface area contributed by atoms with Crippen molar-refractivity contribution in [3.05, 3.63) is 58.7 Å². The van der Waals surface area contributed by atoms with E-state index in [4.69, 9.17) is 11.6 Å². The molecule has 7 nitrogen and oxygen atoms in total. The fourth-order valence-corrected chi connectivity index (χ4v) is 6.32. The van der Waals surface area contributed by atoms with Gasteiger partial charge in [-0.3, -0.25) is 15.1 Å². The van der Waals surface area contributed by atoms with E-state index in [0.29, 0.717) is 18.2 Å². The average molecular weight is 477 g/mol. The highest BCUT2D eigenvalue weighted by molar-refractivity contribution is 7.89. The Morgan fingerprint density at radius 3 is 2.77 bits per heavy atom. The van der Waals surface area contributed by atoms with E-state index in [9.17, 15) is 13.2 Å². The van der Waals surface area contributed by atoms with Gasteiger partial charge < -0.3 is 0 Å². The lowest BCUT2D eigenvalue weighted by Gasteiger charge is -2.30. The molecule has 0 aliphatic carbocycles. The third kappa shape index (κ3) is 4.79. The lowest BCUT2D eigenvalue weighted by molar-refractivity contribution is 0.102. The van der Waals surface area contributed by atoms with Crippen LogP contribution >= 0.6 is 22.9 Å². The predicted octanol–water partition coefficient (Wildman–Crippen LogP) is 4.53. The van der Waals surface area contributed by atoms with Gasteiger partial charge in [0.2, 0.25) is 10.0 Å². The first-order valence-corrected chi connectivity index (χ1v) is 12.5. The van der Waals surface area contributed by atoms with Crippen LogP contribution in [0.1, 0.15) is 30.1 Å². The SMILES string of the molecule is C[C@H]1CCCN(S(=O)(=O)c2cc(C(=O)Nc3nc(-c4ccncc4)cs3)ccc2Cl)C1.